The second-order valence-corrected chi connectivity index (χ2v) is 3.40. The Morgan fingerprint density at radius 3 is 2.57 bits per heavy atom. The summed E-state index contributed by atoms with van der Waals surface area (Å²) < 4.78 is 5.02. The summed E-state index contributed by atoms with van der Waals surface area (Å²) in [7, 11) is 0. The van der Waals surface area contributed by atoms with Crippen LogP contribution >= 0.6 is 0 Å². The van der Waals surface area contributed by atoms with Gasteiger partial charge in [0.25, 0.3) is 0 Å². The van der Waals surface area contributed by atoms with Gasteiger partial charge in [0.15, 0.2) is 0 Å². The Kier molecular flexibility index (Phi) is 8.64. The zero-order valence-electron chi connectivity index (χ0n) is 9.64. The van der Waals surface area contributed by atoms with Crippen LogP contribution in [0.3, 0.4) is 0 Å². The van der Waals surface area contributed by atoms with Crippen LogP contribution in [0.2, 0.25) is 0 Å². The summed E-state index contributed by atoms with van der Waals surface area (Å²) in [6.45, 7) is 8.16. The number of carbonyl (C=O) groups excluding carboxylic acids is 1. The van der Waals surface area contributed by atoms with E-state index >= 15 is 0 Å². The smallest absolute Gasteiger partial charge is 0.310 e. The number of hydrogen-bond acceptors (Lipinski definition) is 3. The molecule has 1 N–H and O–H groups in total. The second kappa shape index (κ2) is 9.00. The number of rotatable bonds is 8. The van der Waals surface area contributed by atoms with Gasteiger partial charge in [0.2, 0.25) is 0 Å². The van der Waals surface area contributed by atoms with Crippen LogP contribution in [0.15, 0.2) is 0 Å². The predicted octanol–water partition coefficient (Wildman–Crippen LogP) is 1.97. The molecule has 0 aromatic rings. The first-order valence-corrected chi connectivity index (χ1v) is 5.63. The molecular weight excluding hydrogens is 178 g/mol. The summed E-state index contributed by atoms with van der Waals surface area (Å²) in [6.07, 6.45) is 3.15. The van der Waals surface area contributed by atoms with Gasteiger partial charge in [-0.1, -0.05) is 26.7 Å². The molecule has 0 aromatic heterocycles. The van der Waals surface area contributed by atoms with Crippen LogP contribution in [0, 0.1) is 5.92 Å². The molecule has 0 aliphatic heterocycles. The van der Waals surface area contributed by atoms with Crippen molar-refractivity contribution in [2.45, 2.75) is 40.0 Å². The van der Waals surface area contributed by atoms with Crippen molar-refractivity contribution in [3.05, 3.63) is 0 Å². The highest BCUT2D eigenvalue weighted by Gasteiger charge is 2.17. The molecule has 3 heteroatoms. The minimum Gasteiger partial charge on any atom is -0.466 e. The Hall–Kier alpha value is -0.570. The lowest BCUT2D eigenvalue weighted by atomic mass is 10.0. The predicted molar refractivity (Wildman–Crippen MR) is 58.2 cm³/mol. The standard InChI is InChI=1S/C11H23NO2/c1-4-7-8-10(9-12-5-2)11(13)14-6-3/h10,12H,4-9H2,1-3H3. The summed E-state index contributed by atoms with van der Waals surface area (Å²) in [5.74, 6) is -0.0169. The minimum absolute atomic E-state index is 0.0369. The van der Waals surface area contributed by atoms with Crippen LogP contribution in [-0.4, -0.2) is 25.7 Å². The van der Waals surface area contributed by atoms with E-state index in [1.54, 1.807) is 0 Å². The lowest BCUT2D eigenvalue weighted by Crippen LogP contribution is -2.29. The van der Waals surface area contributed by atoms with Crippen molar-refractivity contribution >= 4 is 5.97 Å². The Morgan fingerprint density at radius 2 is 2.07 bits per heavy atom. The average molecular weight is 201 g/mol. The minimum atomic E-state index is -0.0538. The normalized spacial score (nSPS) is 12.5. The number of carbonyl (C=O) groups is 1. The fourth-order valence-corrected chi connectivity index (χ4v) is 1.33. The molecule has 0 amide bonds. The van der Waals surface area contributed by atoms with Gasteiger partial charge < -0.3 is 10.1 Å². The quantitative estimate of drug-likeness (QED) is 0.610. The summed E-state index contributed by atoms with van der Waals surface area (Å²) in [6, 6.07) is 0. The first-order chi connectivity index (χ1) is 6.76. The molecular formula is C11H23NO2. The van der Waals surface area contributed by atoms with E-state index < -0.39 is 0 Å². The molecule has 0 aromatic carbocycles. The maximum atomic E-state index is 11.5. The molecule has 0 aliphatic rings. The first kappa shape index (κ1) is 13.4. The lowest BCUT2D eigenvalue weighted by Gasteiger charge is -2.15. The maximum absolute atomic E-state index is 11.5. The van der Waals surface area contributed by atoms with E-state index in [-0.39, 0.29) is 11.9 Å². The number of nitrogens with one attached hydrogen (secondary N) is 1. The van der Waals surface area contributed by atoms with Crippen LogP contribution < -0.4 is 5.32 Å². The Bertz CT molecular complexity index is 140. The molecule has 0 rings (SSSR count). The van der Waals surface area contributed by atoms with Crippen molar-refractivity contribution in [1.29, 1.82) is 0 Å². The molecule has 0 bridgehead atoms. The molecule has 0 aliphatic carbocycles. The molecule has 0 saturated heterocycles. The highest BCUT2D eigenvalue weighted by Crippen LogP contribution is 2.09. The van der Waals surface area contributed by atoms with E-state index in [1.807, 2.05) is 13.8 Å². The van der Waals surface area contributed by atoms with Gasteiger partial charge in [0.05, 0.1) is 12.5 Å². The highest BCUT2D eigenvalue weighted by atomic mass is 16.5. The molecule has 0 saturated carbocycles. The van der Waals surface area contributed by atoms with Crippen LogP contribution in [0.5, 0.6) is 0 Å². The molecule has 14 heavy (non-hydrogen) atoms. The van der Waals surface area contributed by atoms with E-state index in [2.05, 4.69) is 12.2 Å². The van der Waals surface area contributed by atoms with Gasteiger partial charge in [-0.25, -0.2) is 0 Å². The number of esters is 1. The van der Waals surface area contributed by atoms with Crippen molar-refractivity contribution in [3.63, 3.8) is 0 Å². The average Bonchev–Trinajstić information content (AvgIpc) is 2.18. The Balaban J connectivity index is 3.88. The molecule has 1 atom stereocenters. The van der Waals surface area contributed by atoms with Gasteiger partial charge in [0.1, 0.15) is 0 Å². The number of ether oxygens (including phenoxy) is 1. The van der Waals surface area contributed by atoms with Crippen molar-refractivity contribution in [2.24, 2.45) is 5.92 Å². The Morgan fingerprint density at radius 1 is 1.36 bits per heavy atom. The van der Waals surface area contributed by atoms with Gasteiger partial charge in [-0.15, -0.1) is 0 Å². The molecule has 0 heterocycles. The van der Waals surface area contributed by atoms with Crippen molar-refractivity contribution in [3.8, 4) is 0 Å². The van der Waals surface area contributed by atoms with E-state index in [1.165, 1.54) is 0 Å². The van der Waals surface area contributed by atoms with Crippen molar-refractivity contribution in [2.75, 3.05) is 19.7 Å². The lowest BCUT2D eigenvalue weighted by molar-refractivity contribution is -0.148. The molecule has 0 radical (unpaired) electrons. The van der Waals surface area contributed by atoms with Gasteiger partial charge in [-0.3, -0.25) is 4.79 Å². The first-order valence-electron chi connectivity index (χ1n) is 5.63. The van der Waals surface area contributed by atoms with Crippen LogP contribution in [0.4, 0.5) is 0 Å². The van der Waals surface area contributed by atoms with Gasteiger partial charge in [0, 0.05) is 6.54 Å². The highest BCUT2D eigenvalue weighted by molar-refractivity contribution is 5.72. The van der Waals surface area contributed by atoms with E-state index in [9.17, 15) is 4.79 Å². The largest absolute Gasteiger partial charge is 0.466 e. The third kappa shape index (κ3) is 5.97. The molecule has 1 unspecified atom stereocenters. The summed E-state index contributed by atoms with van der Waals surface area (Å²) in [5, 5.41) is 3.20. The fraction of sp³-hybridized carbons (Fsp3) is 0.909. The number of hydrogen-bond donors (Lipinski definition) is 1. The van der Waals surface area contributed by atoms with Crippen molar-refractivity contribution in [1.82, 2.24) is 5.32 Å². The summed E-state index contributed by atoms with van der Waals surface area (Å²) >= 11 is 0. The zero-order valence-corrected chi connectivity index (χ0v) is 9.64. The maximum Gasteiger partial charge on any atom is 0.310 e. The van der Waals surface area contributed by atoms with Gasteiger partial charge in [-0.2, -0.15) is 0 Å². The molecule has 0 fully saturated rings. The zero-order chi connectivity index (χ0) is 10.8. The van der Waals surface area contributed by atoms with Crippen LogP contribution in [-0.2, 0) is 9.53 Å². The molecule has 0 spiro atoms. The van der Waals surface area contributed by atoms with Gasteiger partial charge in [-0.05, 0) is 19.9 Å². The van der Waals surface area contributed by atoms with E-state index in [0.29, 0.717) is 6.61 Å². The van der Waals surface area contributed by atoms with E-state index in [4.69, 9.17) is 4.74 Å². The SMILES string of the molecule is CCCCC(CNCC)C(=O)OCC. The monoisotopic (exact) mass is 201 g/mol. The summed E-state index contributed by atoms with van der Waals surface area (Å²) in [5.41, 5.74) is 0. The molecule has 3 nitrogen and oxygen atoms in total. The van der Waals surface area contributed by atoms with E-state index in [0.717, 1.165) is 32.4 Å². The van der Waals surface area contributed by atoms with Crippen molar-refractivity contribution < 1.29 is 9.53 Å². The second-order valence-electron chi connectivity index (χ2n) is 3.40. The Labute approximate surface area is 87.2 Å². The molecule has 84 valence electrons. The van der Waals surface area contributed by atoms with Crippen LogP contribution in [0.1, 0.15) is 40.0 Å². The summed E-state index contributed by atoms with van der Waals surface area (Å²) in [4.78, 5) is 11.5. The third-order valence-corrected chi connectivity index (χ3v) is 2.17. The topological polar surface area (TPSA) is 38.3 Å². The third-order valence-electron chi connectivity index (χ3n) is 2.17. The number of unbranched alkanes of at least 4 members (excludes halogenated alkanes) is 1. The van der Waals surface area contributed by atoms with Gasteiger partial charge >= 0.3 is 5.97 Å². The fourth-order valence-electron chi connectivity index (χ4n) is 1.33. The van der Waals surface area contributed by atoms with Crippen LogP contribution in [0.25, 0.3) is 0 Å².